The van der Waals surface area contributed by atoms with Crippen molar-refractivity contribution in [3.63, 3.8) is 0 Å². The second-order valence-electron chi connectivity index (χ2n) is 6.00. The number of amides is 1. The first-order valence-corrected chi connectivity index (χ1v) is 10.3. The van der Waals surface area contributed by atoms with E-state index in [4.69, 9.17) is 0 Å². The molecule has 9 heteroatoms. The highest BCUT2D eigenvalue weighted by Gasteiger charge is 2.32. The first-order valence-electron chi connectivity index (χ1n) is 7.57. The number of Topliss-reactive ketones (excluding diaryl/α,β-unsaturated/α-hetero) is 1. The number of anilines is 2. The van der Waals surface area contributed by atoms with Gasteiger partial charge in [0.05, 0.1) is 11.9 Å². The molecule has 25 heavy (non-hydrogen) atoms. The molecule has 0 radical (unpaired) electrons. The average molecular weight is 379 g/mol. The normalized spacial score (nSPS) is 16.6. The highest BCUT2D eigenvalue weighted by atomic mass is 32.2. The molecular formula is C16H17N3O4S2. The lowest BCUT2D eigenvalue weighted by molar-refractivity contribution is 0.100. The van der Waals surface area contributed by atoms with Crippen LogP contribution in [0.3, 0.4) is 0 Å². The van der Waals surface area contributed by atoms with Crippen LogP contribution in [0.5, 0.6) is 0 Å². The van der Waals surface area contributed by atoms with E-state index in [-0.39, 0.29) is 17.7 Å². The van der Waals surface area contributed by atoms with Crippen molar-refractivity contribution in [3.05, 3.63) is 40.4 Å². The van der Waals surface area contributed by atoms with Crippen molar-refractivity contribution in [2.24, 2.45) is 0 Å². The van der Waals surface area contributed by atoms with E-state index >= 15 is 0 Å². The third kappa shape index (κ3) is 3.42. The molecule has 0 fully saturated rings. The maximum absolute atomic E-state index is 12.4. The predicted octanol–water partition coefficient (Wildman–Crippen LogP) is 2.31. The zero-order valence-corrected chi connectivity index (χ0v) is 15.6. The van der Waals surface area contributed by atoms with Crippen molar-refractivity contribution in [1.82, 2.24) is 4.98 Å². The van der Waals surface area contributed by atoms with E-state index in [1.165, 1.54) is 28.8 Å². The first-order chi connectivity index (χ1) is 11.7. The molecule has 1 aromatic carbocycles. The molecule has 2 heterocycles. The molecule has 0 bridgehead atoms. The Kier molecular flexibility index (Phi) is 4.38. The summed E-state index contributed by atoms with van der Waals surface area (Å²) in [5, 5.41) is 4.60. The maximum Gasteiger partial charge on any atom is 0.257 e. The molecule has 0 aliphatic carbocycles. The van der Waals surface area contributed by atoms with Gasteiger partial charge in [-0.3, -0.25) is 19.2 Å². The Morgan fingerprint density at radius 1 is 1.36 bits per heavy atom. The van der Waals surface area contributed by atoms with Crippen LogP contribution in [-0.4, -0.2) is 37.4 Å². The third-order valence-corrected chi connectivity index (χ3v) is 5.97. The summed E-state index contributed by atoms with van der Waals surface area (Å²) < 4.78 is 25.3. The second-order valence-corrected chi connectivity index (χ2v) is 8.72. The van der Waals surface area contributed by atoms with E-state index < -0.39 is 10.0 Å². The van der Waals surface area contributed by atoms with Crippen molar-refractivity contribution in [3.8, 4) is 0 Å². The van der Waals surface area contributed by atoms with Gasteiger partial charge in [0.2, 0.25) is 10.0 Å². The topological polar surface area (TPSA) is 96.4 Å². The molecule has 132 valence electrons. The van der Waals surface area contributed by atoms with Crippen LogP contribution in [0.4, 0.5) is 10.8 Å². The SMILES string of the molecule is CC(=O)c1csc(NC(=O)c2ccc3c(c2)CC(C)N3S(C)(=O)=O)n1. The summed E-state index contributed by atoms with van der Waals surface area (Å²) >= 11 is 1.18. The number of sulfonamides is 1. The summed E-state index contributed by atoms with van der Waals surface area (Å²) in [7, 11) is -3.36. The molecule has 7 nitrogen and oxygen atoms in total. The zero-order chi connectivity index (χ0) is 18.4. The molecule has 1 unspecified atom stereocenters. The Morgan fingerprint density at radius 2 is 2.08 bits per heavy atom. The number of rotatable bonds is 4. The van der Waals surface area contributed by atoms with Gasteiger partial charge >= 0.3 is 0 Å². The van der Waals surface area contributed by atoms with E-state index in [0.717, 1.165) is 5.56 Å². The summed E-state index contributed by atoms with van der Waals surface area (Å²) in [6, 6.07) is 4.76. The van der Waals surface area contributed by atoms with Crippen molar-refractivity contribution in [1.29, 1.82) is 0 Å². The Labute approximate surface area is 149 Å². The largest absolute Gasteiger partial charge is 0.298 e. The van der Waals surface area contributed by atoms with Crippen LogP contribution < -0.4 is 9.62 Å². The summed E-state index contributed by atoms with van der Waals surface area (Å²) in [5.74, 6) is -0.512. The van der Waals surface area contributed by atoms with E-state index in [2.05, 4.69) is 10.3 Å². The number of carbonyl (C=O) groups excluding carboxylic acids is 2. The molecule has 3 rings (SSSR count). The fourth-order valence-corrected chi connectivity index (χ4v) is 4.92. The van der Waals surface area contributed by atoms with E-state index in [1.54, 1.807) is 23.6 Å². The highest BCUT2D eigenvalue weighted by Crippen LogP contribution is 2.34. The van der Waals surface area contributed by atoms with Gasteiger partial charge in [0.15, 0.2) is 10.9 Å². The molecule has 1 amide bonds. The number of aromatic nitrogens is 1. The molecule has 1 aliphatic rings. The fraction of sp³-hybridized carbons (Fsp3) is 0.312. The Balaban J connectivity index is 1.84. The summed E-state index contributed by atoms with van der Waals surface area (Å²) in [4.78, 5) is 27.7. The summed E-state index contributed by atoms with van der Waals surface area (Å²) in [5.41, 5.74) is 2.15. The van der Waals surface area contributed by atoms with E-state index in [9.17, 15) is 18.0 Å². The minimum absolute atomic E-state index is 0.163. The number of hydrogen-bond donors (Lipinski definition) is 1. The molecule has 1 aliphatic heterocycles. The number of nitrogens with one attached hydrogen (secondary N) is 1. The quantitative estimate of drug-likeness (QED) is 0.822. The van der Waals surface area contributed by atoms with Gasteiger partial charge < -0.3 is 0 Å². The number of carbonyl (C=O) groups is 2. The number of benzene rings is 1. The molecule has 0 spiro atoms. The highest BCUT2D eigenvalue weighted by molar-refractivity contribution is 7.92. The van der Waals surface area contributed by atoms with Gasteiger partial charge in [-0.1, -0.05) is 0 Å². The molecule has 1 aromatic heterocycles. The van der Waals surface area contributed by atoms with Gasteiger partial charge in [0.1, 0.15) is 5.69 Å². The molecule has 1 atom stereocenters. The van der Waals surface area contributed by atoms with Crippen molar-refractivity contribution < 1.29 is 18.0 Å². The summed E-state index contributed by atoms with van der Waals surface area (Å²) in [6.07, 6.45) is 1.73. The van der Waals surface area contributed by atoms with Crippen LogP contribution in [0.15, 0.2) is 23.6 Å². The van der Waals surface area contributed by atoms with Crippen LogP contribution in [0.25, 0.3) is 0 Å². The number of nitrogens with zero attached hydrogens (tertiary/aromatic N) is 2. The van der Waals surface area contributed by atoms with Gasteiger partial charge in [-0.25, -0.2) is 13.4 Å². The van der Waals surface area contributed by atoms with Crippen LogP contribution >= 0.6 is 11.3 Å². The smallest absolute Gasteiger partial charge is 0.257 e. The minimum Gasteiger partial charge on any atom is -0.298 e. The van der Waals surface area contributed by atoms with Gasteiger partial charge in [-0.05, 0) is 37.1 Å². The molecule has 1 N–H and O–H groups in total. The van der Waals surface area contributed by atoms with Crippen LogP contribution in [0.1, 0.15) is 40.3 Å². The van der Waals surface area contributed by atoms with Gasteiger partial charge in [-0.2, -0.15) is 0 Å². The first kappa shape index (κ1) is 17.6. The predicted molar refractivity (Wildman–Crippen MR) is 97.0 cm³/mol. The second kappa shape index (κ2) is 6.23. The fourth-order valence-electron chi connectivity index (χ4n) is 2.91. The van der Waals surface area contributed by atoms with Gasteiger partial charge in [-0.15, -0.1) is 11.3 Å². The van der Waals surface area contributed by atoms with Crippen LogP contribution in [0.2, 0.25) is 0 Å². The lowest BCUT2D eigenvalue weighted by Crippen LogP contribution is -2.34. The Bertz CT molecular complexity index is 966. The number of ketones is 1. The van der Waals surface area contributed by atoms with E-state index in [0.29, 0.717) is 28.5 Å². The number of fused-ring (bicyclic) bond motifs is 1. The summed E-state index contributed by atoms with van der Waals surface area (Å²) in [6.45, 7) is 3.25. The van der Waals surface area contributed by atoms with Crippen LogP contribution in [-0.2, 0) is 16.4 Å². The number of hydrogen-bond acceptors (Lipinski definition) is 6. The Hall–Kier alpha value is -2.26. The van der Waals surface area contributed by atoms with Crippen molar-refractivity contribution >= 4 is 43.9 Å². The third-order valence-electron chi connectivity index (χ3n) is 3.94. The van der Waals surface area contributed by atoms with Gasteiger partial charge in [0, 0.05) is 23.9 Å². The zero-order valence-electron chi connectivity index (χ0n) is 13.9. The van der Waals surface area contributed by atoms with E-state index in [1.807, 2.05) is 6.92 Å². The standard InChI is InChI=1S/C16H17N3O4S2/c1-9-6-12-7-11(4-5-14(12)19(9)25(3,22)23)15(21)18-16-17-13(8-24-16)10(2)20/h4-5,7-9H,6H2,1-3H3,(H,17,18,21). The molecule has 0 saturated heterocycles. The average Bonchev–Trinajstić information content (AvgIpc) is 3.08. The number of thiazole rings is 1. The lowest BCUT2D eigenvalue weighted by Gasteiger charge is -2.21. The maximum atomic E-state index is 12.4. The molecule has 2 aromatic rings. The molecule has 0 saturated carbocycles. The monoisotopic (exact) mass is 379 g/mol. The van der Waals surface area contributed by atoms with Crippen molar-refractivity contribution in [2.75, 3.05) is 15.9 Å². The molecular weight excluding hydrogens is 362 g/mol. The Morgan fingerprint density at radius 3 is 2.68 bits per heavy atom. The van der Waals surface area contributed by atoms with Gasteiger partial charge in [0.25, 0.3) is 5.91 Å². The lowest BCUT2D eigenvalue weighted by atomic mass is 10.1. The van der Waals surface area contributed by atoms with Crippen molar-refractivity contribution in [2.45, 2.75) is 26.3 Å². The van der Waals surface area contributed by atoms with Crippen LogP contribution in [0, 0.1) is 0 Å². The minimum atomic E-state index is -3.36.